The van der Waals surface area contributed by atoms with Gasteiger partial charge < -0.3 is 24.8 Å². The standard InChI is InChI=1S/C19H17ClN2O5/c20-12-7-11(8-15-18(12)26-6-5-25-15)9-17(23)22-10-16(19(21)24)27-14-4-2-1-3-13(14)22/h1-4,7-8,16H,5-6,9-10H2,(H2,21,24)/t16-/m0/s1. The Morgan fingerprint density at radius 2 is 1.93 bits per heavy atom. The number of ether oxygens (including phenoxy) is 3. The van der Waals surface area contributed by atoms with Gasteiger partial charge in [0.25, 0.3) is 5.91 Å². The van der Waals surface area contributed by atoms with Crippen molar-refractivity contribution in [1.82, 2.24) is 0 Å². The fourth-order valence-corrected chi connectivity index (χ4v) is 3.44. The second-order valence-electron chi connectivity index (χ2n) is 6.26. The van der Waals surface area contributed by atoms with Gasteiger partial charge in [0.15, 0.2) is 17.6 Å². The Balaban J connectivity index is 1.61. The Morgan fingerprint density at radius 1 is 1.15 bits per heavy atom. The van der Waals surface area contributed by atoms with Crippen LogP contribution < -0.4 is 24.8 Å². The molecule has 2 heterocycles. The molecule has 0 aliphatic carbocycles. The van der Waals surface area contributed by atoms with Crippen LogP contribution >= 0.6 is 11.6 Å². The van der Waals surface area contributed by atoms with Crippen molar-refractivity contribution in [2.24, 2.45) is 5.73 Å². The minimum absolute atomic E-state index is 0.0590. The van der Waals surface area contributed by atoms with E-state index in [1.807, 2.05) is 0 Å². The summed E-state index contributed by atoms with van der Waals surface area (Å²) in [6.45, 7) is 0.922. The average molecular weight is 389 g/mol. The van der Waals surface area contributed by atoms with Crippen molar-refractivity contribution in [3.05, 3.63) is 47.0 Å². The van der Waals surface area contributed by atoms with Crippen LogP contribution in [0.1, 0.15) is 5.56 Å². The first-order valence-electron chi connectivity index (χ1n) is 8.46. The van der Waals surface area contributed by atoms with Gasteiger partial charge >= 0.3 is 0 Å². The number of hydrogen-bond acceptors (Lipinski definition) is 5. The van der Waals surface area contributed by atoms with Gasteiger partial charge in [0.1, 0.15) is 19.0 Å². The molecular formula is C19H17ClN2O5. The van der Waals surface area contributed by atoms with Crippen LogP contribution in [0.5, 0.6) is 17.2 Å². The minimum atomic E-state index is -0.896. The fraction of sp³-hybridized carbons (Fsp3) is 0.263. The van der Waals surface area contributed by atoms with Gasteiger partial charge in [-0.05, 0) is 29.8 Å². The summed E-state index contributed by atoms with van der Waals surface area (Å²) in [5.74, 6) is 0.633. The molecule has 2 amide bonds. The van der Waals surface area contributed by atoms with Gasteiger partial charge in [-0.15, -0.1) is 0 Å². The number of rotatable bonds is 3. The number of fused-ring (bicyclic) bond motifs is 2. The molecule has 0 radical (unpaired) electrons. The van der Waals surface area contributed by atoms with Crippen molar-refractivity contribution in [3.8, 4) is 17.2 Å². The number of nitrogens with two attached hydrogens (primary N) is 1. The third-order valence-corrected chi connectivity index (χ3v) is 4.68. The largest absolute Gasteiger partial charge is 0.486 e. The molecule has 2 aliphatic rings. The number of primary amides is 1. The van der Waals surface area contributed by atoms with E-state index in [1.54, 1.807) is 36.4 Å². The van der Waals surface area contributed by atoms with Gasteiger partial charge in [0.05, 0.1) is 23.7 Å². The fourth-order valence-electron chi connectivity index (χ4n) is 3.16. The number of amides is 2. The third kappa shape index (κ3) is 3.38. The van der Waals surface area contributed by atoms with Crippen LogP contribution in [0.25, 0.3) is 0 Å². The highest BCUT2D eigenvalue weighted by atomic mass is 35.5. The van der Waals surface area contributed by atoms with Gasteiger partial charge in [-0.25, -0.2) is 0 Å². The highest BCUT2D eigenvalue weighted by Crippen LogP contribution is 2.39. The SMILES string of the molecule is NC(=O)[C@@H]1CN(C(=O)Cc2cc(Cl)c3c(c2)OCCO3)c2ccccc2O1. The van der Waals surface area contributed by atoms with Crippen LogP contribution in [-0.2, 0) is 16.0 Å². The third-order valence-electron chi connectivity index (χ3n) is 4.40. The Bertz CT molecular complexity index is 917. The zero-order valence-electron chi connectivity index (χ0n) is 14.3. The zero-order valence-corrected chi connectivity index (χ0v) is 15.1. The minimum Gasteiger partial charge on any atom is -0.486 e. The molecule has 8 heteroatoms. The zero-order chi connectivity index (χ0) is 19.0. The molecule has 2 N–H and O–H groups in total. The molecule has 0 fully saturated rings. The summed E-state index contributed by atoms with van der Waals surface area (Å²) in [6, 6.07) is 10.5. The maximum atomic E-state index is 13.0. The Morgan fingerprint density at radius 3 is 2.74 bits per heavy atom. The van der Waals surface area contributed by atoms with E-state index in [1.165, 1.54) is 4.90 Å². The lowest BCUT2D eigenvalue weighted by Gasteiger charge is -2.33. The molecule has 0 spiro atoms. The molecule has 140 valence electrons. The number of benzene rings is 2. The quantitative estimate of drug-likeness (QED) is 0.867. The lowest BCUT2D eigenvalue weighted by Crippen LogP contribution is -2.49. The van der Waals surface area contributed by atoms with Gasteiger partial charge in [-0.1, -0.05) is 23.7 Å². The van der Waals surface area contributed by atoms with Gasteiger partial charge in [-0.2, -0.15) is 0 Å². The number of para-hydroxylation sites is 2. The van der Waals surface area contributed by atoms with Crippen molar-refractivity contribution < 1.29 is 23.8 Å². The van der Waals surface area contributed by atoms with E-state index in [0.29, 0.717) is 46.7 Å². The van der Waals surface area contributed by atoms with Crippen LogP contribution in [-0.4, -0.2) is 37.7 Å². The van der Waals surface area contributed by atoms with E-state index >= 15 is 0 Å². The molecule has 0 saturated carbocycles. The highest BCUT2D eigenvalue weighted by molar-refractivity contribution is 6.32. The number of anilines is 1. The van der Waals surface area contributed by atoms with Gasteiger partial charge in [-0.3, -0.25) is 9.59 Å². The van der Waals surface area contributed by atoms with Crippen LogP contribution in [0.2, 0.25) is 5.02 Å². The molecule has 0 saturated heterocycles. The molecule has 0 aromatic heterocycles. The molecule has 2 aliphatic heterocycles. The molecule has 0 bridgehead atoms. The normalized spacial score (nSPS) is 17.7. The van der Waals surface area contributed by atoms with Crippen LogP contribution in [0, 0.1) is 0 Å². The van der Waals surface area contributed by atoms with Gasteiger partial charge in [0, 0.05) is 0 Å². The van der Waals surface area contributed by atoms with E-state index in [-0.39, 0.29) is 18.9 Å². The molecule has 7 nitrogen and oxygen atoms in total. The average Bonchev–Trinajstić information content (AvgIpc) is 2.67. The molecule has 2 aromatic carbocycles. The van der Waals surface area contributed by atoms with E-state index in [9.17, 15) is 9.59 Å². The predicted molar refractivity (Wildman–Crippen MR) is 98.6 cm³/mol. The Labute approximate surface area is 160 Å². The molecule has 27 heavy (non-hydrogen) atoms. The summed E-state index contributed by atoms with van der Waals surface area (Å²) in [6.07, 6.45) is -0.816. The summed E-state index contributed by atoms with van der Waals surface area (Å²) >= 11 is 6.25. The molecular weight excluding hydrogens is 372 g/mol. The molecule has 1 atom stereocenters. The van der Waals surface area contributed by atoms with E-state index < -0.39 is 12.0 Å². The monoisotopic (exact) mass is 388 g/mol. The second kappa shape index (κ2) is 7.00. The number of hydrogen-bond donors (Lipinski definition) is 1. The molecule has 0 unspecified atom stereocenters. The highest BCUT2D eigenvalue weighted by Gasteiger charge is 2.32. The first kappa shape index (κ1) is 17.5. The number of carbonyl (C=O) groups excluding carboxylic acids is 2. The van der Waals surface area contributed by atoms with Crippen molar-refractivity contribution in [2.75, 3.05) is 24.7 Å². The van der Waals surface area contributed by atoms with E-state index in [4.69, 9.17) is 31.5 Å². The number of nitrogens with zero attached hydrogens (tertiary/aromatic N) is 1. The Kier molecular flexibility index (Phi) is 4.53. The van der Waals surface area contributed by atoms with Crippen molar-refractivity contribution in [3.63, 3.8) is 0 Å². The Hall–Kier alpha value is -2.93. The number of carbonyl (C=O) groups is 2. The van der Waals surface area contributed by atoms with E-state index in [2.05, 4.69) is 0 Å². The summed E-state index contributed by atoms with van der Waals surface area (Å²) in [5.41, 5.74) is 6.67. The maximum absolute atomic E-state index is 13.0. The molecule has 4 rings (SSSR count). The molecule has 2 aromatic rings. The lowest BCUT2D eigenvalue weighted by molar-refractivity contribution is -0.125. The van der Waals surface area contributed by atoms with Crippen molar-refractivity contribution >= 4 is 29.1 Å². The van der Waals surface area contributed by atoms with Crippen LogP contribution in [0.4, 0.5) is 5.69 Å². The smallest absolute Gasteiger partial charge is 0.260 e. The van der Waals surface area contributed by atoms with Crippen molar-refractivity contribution in [2.45, 2.75) is 12.5 Å². The first-order valence-corrected chi connectivity index (χ1v) is 8.84. The first-order chi connectivity index (χ1) is 13.0. The van der Waals surface area contributed by atoms with Crippen LogP contribution in [0.15, 0.2) is 36.4 Å². The van der Waals surface area contributed by atoms with Gasteiger partial charge in [0.2, 0.25) is 5.91 Å². The van der Waals surface area contributed by atoms with Crippen LogP contribution in [0.3, 0.4) is 0 Å². The maximum Gasteiger partial charge on any atom is 0.260 e. The summed E-state index contributed by atoms with van der Waals surface area (Å²) < 4.78 is 16.6. The summed E-state index contributed by atoms with van der Waals surface area (Å²) in [7, 11) is 0. The van der Waals surface area contributed by atoms with Crippen molar-refractivity contribution in [1.29, 1.82) is 0 Å². The number of halogens is 1. The lowest BCUT2D eigenvalue weighted by atomic mass is 10.1. The topological polar surface area (TPSA) is 91.1 Å². The van der Waals surface area contributed by atoms with E-state index in [0.717, 1.165) is 0 Å². The summed E-state index contributed by atoms with van der Waals surface area (Å²) in [5, 5.41) is 0.396. The second-order valence-corrected chi connectivity index (χ2v) is 6.67. The predicted octanol–water partition coefficient (Wildman–Crippen LogP) is 1.93. The summed E-state index contributed by atoms with van der Waals surface area (Å²) in [4.78, 5) is 26.1.